The molecule has 1 aliphatic heterocycles. The van der Waals surface area contributed by atoms with E-state index in [1.54, 1.807) is 18.2 Å². The number of nitriles is 1. The summed E-state index contributed by atoms with van der Waals surface area (Å²) in [5.41, 5.74) is 1.97. The molecule has 1 aliphatic rings. The van der Waals surface area contributed by atoms with Crippen LogP contribution in [0.2, 0.25) is 10.0 Å². The second kappa shape index (κ2) is 12.2. The predicted molar refractivity (Wildman–Crippen MR) is 130 cm³/mol. The van der Waals surface area contributed by atoms with Gasteiger partial charge in [0.05, 0.1) is 27.4 Å². The number of benzene rings is 2. The molecule has 1 fully saturated rings. The van der Waals surface area contributed by atoms with Gasteiger partial charge in [0.15, 0.2) is 0 Å². The fourth-order valence-electron chi connectivity index (χ4n) is 3.75. The monoisotopic (exact) mass is 490 g/mol. The molecule has 0 radical (unpaired) electrons. The topological polar surface area (TPSA) is 97.6 Å². The third-order valence-electron chi connectivity index (χ3n) is 5.47. The molecule has 0 aliphatic carbocycles. The lowest BCUT2D eigenvalue weighted by molar-refractivity contribution is -0.114. The molecule has 1 amide bonds. The van der Waals surface area contributed by atoms with Crippen LogP contribution >= 0.6 is 23.2 Å². The largest absolute Gasteiger partial charge is 0.489 e. The van der Waals surface area contributed by atoms with Crippen LogP contribution in [0, 0.1) is 11.3 Å². The summed E-state index contributed by atoms with van der Waals surface area (Å²) in [6.07, 6.45) is 1.26. The maximum Gasteiger partial charge on any atom is 0.221 e. The number of rotatable bonds is 9. The first-order valence-electron chi connectivity index (χ1n) is 10.9. The van der Waals surface area contributed by atoms with Gasteiger partial charge in [0.25, 0.3) is 0 Å². The Bertz CT molecular complexity index is 1000. The Morgan fingerprint density at radius 2 is 2.00 bits per heavy atom. The summed E-state index contributed by atoms with van der Waals surface area (Å²) >= 11 is 12.1. The summed E-state index contributed by atoms with van der Waals surface area (Å²) in [6.45, 7) is 4.61. The van der Waals surface area contributed by atoms with Crippen molar-refractivity contribution in [1.82, 2.24) is 10.2 Å². The molecule has 3 rings (SSSR count). The lowest BCUT2D eigenvalue weighted by Crippen LogP contribution is -2.45. The van der Waals surface area contributed by atoms with Crippen LogP contribution in [0.5, 0.6) is 5.75 Å². The fraction of sp³-hybridized carbons (Fsp3) is 0.417. The molecule has 7 nitrogen and oxygen atoms in total. The van der Waals surface area contributed by atoms with Crippen LogP contribution in [-0.2, 0) is 11.3 Å². The Morgan fingerprint density at radius 1 is 1.24 bits per heavy atom. The van der Waals surface area contributed by atoms with E-state index in [0.29, 0.717) is 39.6 Å². The average molecular weight is 491 g/mol. The number of carbonyl (C=O) groups is 1. The van der Waals surface area contributed by atoms with Gasteiger partial charge in [-0.25, -0.2) is 0 Å². The zero-order valence-electron chi connectivity index (χ0n) is 18.5. The highest BCUT2D eigenvalue weighted by Gasteiger charge is 2.20. The number of hydrogen-bond acceptors (Lipinski definition) is 6. The minimum absolute atomic E-state index is 0.0711. The summed E-state index contributed by atoms with van der Waals surface area (Å²) in [6, 6.07) is 12.9. The van der Waals surface area contributed by atoms with Crippen LogP contribution in [0.15, 0.2) is 36.4 Å². The van der Waals surface area contributed by atoms with E-state index in [0.717, 1.165) is 38.0 Å². The highest BCUT2D eigenvalue weighted by atomic mass is 35.5. The minimum Gasteiger partial charge on any atom is -0.489 e. The second-order valence-corrected chi connectivity index (χ2v) is 8.99. The van der Waals surface area contributed by atoms with Crippen molar-refractivity contribution >= 4 is 34.8 Å². The molecule has 0 aromatic heterocycles. The van der Waals surface area contributed by atoms with Crippen LogP contribution < -0.4 is 15.4 Å². The molecule has 2 aromatic rings. The molecule has 33 heavy (non-hydrogen) atoms. The van der Waals surface area contributed by atoms with Gasteiger partial charge in [0.1, 0.15) is 18.5 Å². The summed E-state index contributed by atoms with van der Waals surface area (Å²) < 4.78 is 5.70. The smallest absolute Gasteiger partial charge is 0.221 e. The number of nitrogens with one attached hydrogen (secondary N) is 2. The van der Waals surface area contributed by atoms with Gasteiger partial charge in [-0.05, 0) is 61.8 Å². The first-order chi connectivity index (χ1) is 15.8. The predicted octanol–water partition coefficient (Wildman–Crippen LogP) is 3.82. The van der Waals surface area contributed by atoms with E-state index >= 15 is 0 Å². The first-order valence-corrected chi connectivity index (χ1v) is 11.6. The summed E-state index contributed by atoms with van der Waals surface area (Å²) in [5.74, 6) is 0.154. The molecule has 9 heteroatoms. The van der Waals surface area contributed by atoms with E-state index < -0.39 is 6.10 Å². The lowest BCUT2D eigenvalue weighted by atomic mass is 10.0. The van der Waals surface area contributed by atoms with Gasteiger partial charge in [-0.3, -0.25) is 9.69 Å². The molecule has 0 saturated carbocycles. The van der Waals surface area contributed by atoms with Crippen molar-refractivity contribution in [2.24, 2.45) is 0 Å². The van der Waals surface area contributed by atoms with Crippen LogP contribution in [0.25, 0.3) is 0 Å². The van der Waals surface area contributed by atoms with Gasteiger partial charge >= 0.3 is 0 Å². The number of hydrogen-bond donors (Lipinski definition) is 3. The summed E-state index contributed by atoms with van der Waals surface area (Å²) in [7, 11) is 0. The normalized spacial score (nSPS) is 15.6. The Kier molecular flexibility index (Phi) is 9.36. The SMILES string of the molecule is CC(=O)Nc1cc(C#N)ccc1OCC(O)CNC1CCN(Cc2ccc(Cl)c(Cl)c2)CC1. The molecule has 1 heterocycles. The summed E-state index contributed by atoms with van der Waals surface area (Å²) in [4.78, 5) is 13.8. The number of carbonyl (C=O) groups excluding carboxylic acids is 1. The average Bonchev–Trinajstić information content (AvgIpc) is 2.79. The van der Waals surface area contributed by atoms with E-state index in [9.17, 15) is 9.90 Å². The van der Waals surface area contributed by atoms with Crippen molar-refractivity contribution in [2.75, 3.05) is 31.6 Å². The Labute approximate surface area is 204 Å². The minimum atomic E-state index is -0.708. The van der Waals surface area contributed by atoms with Gasteiger partial charge in [0, 0.05) is 26.1 Å². The van der Waals surface area contributed by atoms with Gasteiger partial charge in [0.2, 0.25) is 5.91 Å². The van der Waals surface area contributed by atoms with Crippen molar-refractivity contribution in [2.45, 2.75) is 38.5 Å². The van der Waals surface area contributed by atoms with Crippen molar-refractivity contribution in [3.05, 3.63) is 57.6 Å². The maximum atomic E-state index is 11.4. The number of anilines is 1. The number of likely N-dealkylation sites (tertiary alicyclic amines) is 1. The quantitative estimate of drug-likeness (QED) is 0.494. The van der Waals surface area contributed by atoms with Gasteiger partial charge in [-0.15, -0.1) is 0 Å². The zero-order chi connectivity index (χ0) is 23.8. The van der Waals surface area contributed by atoms with E-state index in [1.165, 1.54) is 6.92 Å². The molecule has 3 N–H and O–H groups in total. The molecule has 0 bridgehead atoms. The molecular weight excluding hydrogens is 463 g/mol. The third kappa shape index (κ3) is 7.88. The molecule has 176 valence electrons. The number of halogens is 2. The van der Waals surface area contributed by atoms with Crippen molar-refractivity contribution < 1.29 is 14.6 Å². The van der Waals surface area contributed by atoms with Crippen molar-refractivity contribution in [3.8, 4) is 11.8 Å². The first kappa shape index (κ1) is 25.3. The molecule has 1 saturated heterocycles. The molecular formula is C24H28Cl2N4O3. The van der Waals surface area contributed by atoms with Gasteiger partial charge < -0.3 is 20.5 Å². The van der Waals surface area contributed by atoms with Gasteiger partial charge in [-0.2, -0.15) is 5.26 Å². The van der Waals surface area contributed by atoms with Crippen LogP contribution in [0.3, 0.4) is 0 Å². The third-order valence-corrected chi connectivity index (χ3v) is 6.21. The van der Waals surface area contributed by atoms with Crippen LogP contribution in [-0.4, -0.2) is 54.3 Å². The molecule has 1 unspecified atom stereocenters. The van der Waals surface area contributed by atoms with Crippen molar-refractivity contribution in [1.29, 1.82) is 5.26 Å². The van der Waals surface area contributed by atoms with Crippen molar-refractivity contribution in [3.63, 3.8) is 0 Å². The van der Waals surface area contributed by atoms with E-state index in [1.807, 2.05) is 24.3 Å². The number of ether oxygens (including phenoxy) is 1. The molecule has 1 atom stereocenters. The number of amides is 1. The number of aliphatic hydroxyl groups is 1. The highest BCUT2D eigenvalue weighted by molar-refractivity contribution is 6.42. The van der Waals surface area contributed by atoms with Crippen LogP contribution in [0.4, 0.5) is 5.69 Å². The number of nitrogens with zero attached hydrogens (tertiary/aromatic N) is 2. The van der Waals surface area contributed by atoms with E-state index in [-0.39, 0.29) is 12.5 Å². The standard InChI is InChI=1S/C24H28Cl2N4O3/c1-16(31)29-23-11-17(12-27)3-5-24(23)33-15-20(32)13-28-19-6-8-30(9-7-19)14-18-2-4-21(25)22(26)10-18/h2-5,10-11,19-20,28,32H,6-9,13-15H2,1H3,(H,29,31). The molecule has 2 aromatic carbocycles. The van der Waals surface area contributed by atoms with E-state index in [2.05, 4.69) is 15.5 Å². The van der Waals surface area contributed by atoms with Crippen LogP contribution in [0.1, 0.15) is 30.9 Å². The second-order valence-electron chi connectivity index (χ2n) is 8.18. The number of aliphatic hydroxyl groups excluding tert-OH is 1. The van der Waals surface area contributed by atoms with E-state index in [4.69, 9.17) is 33.2 Å². The zero-order valence-corrected chi connectivity index (χ0v) is 20.0. The maximum absolute atomic E-state index is 11.4. The Balaban J connectivity index is 1.40. The Morgan fingerprint density at radius 3 is 2.67 bits per heavy atom. The van der Waals surface area contributed by atoms with Gasteiger partial charge in [-0.1, -0.05) is 29.3 Å². The summed E-state index contributed by atoms with van der Waals surface area (Å²) in [5, 5.41) is 26.6. The number of piperidine rings is 1. The fourth-order valence-corrected chi connectivity index (χ4v) is 4.07. The Hall–Kier alpha value is -2.34. The highest BCUT2D eigenvalue weighted by Crippen LogP contribution is 2.26. The lowest BCUT2D eigenvalue weighted by Gasteiger charge is -2.33. The molecule has 0 spiro atoms.